The van der Waals surface area contributed by atoms with E-state index in [9.17, 15) is 18.0 Å². The number of benzene rings is 1. The number of hydrogen-bond donors (Lipinski definition) is 2. The molecule has 0 bridgehead atoms. The Balaban J connectivity index is 1.40. The number of esters is 1. The summed E-state index contributed by atoms with van der Waals surface area (Å²) in [5.41, 5.74) is 5.91. The molecule has 17 heteroatoms. The Labute approximate surface area is 285 Å². The van der Waals surface area contributed by atoms with E-state index in [1.54, 1.807) is 18.9 Å². The van der Waals surface area contributed by atoms with E-state index in [2.05, 4.69) is 30.1 Å². The summed E-state index contributed by atoms with van der Waals surface area (Å²) in [4.78, 5) is 31.6. The van der Waals surface area contributed by atoms with Crippen LogP contribution in [-0.4, -0.2) is 95.5 Å². The number of ether oxygens (including phenoxy) is 2. The standard InChI is InChI=1S/C31H39ClF4N8O3S/c1-4-47-25(45)9-10-42-11-12-43(14-20(42)16-46-3)29-26(33)28(38-17-39-29)41-30-40-27(19-6-7-22(32)21(13-19)31(34,35)36)23(48-30)15-44-18(2)5-8-24(44)37/h6-7,13,17-18,20,24H,4-5,8-12,14-16,37H2,1-3H3,(H,38,39,40,41)/t18-,20+,24+/m1/s1. The molecule has 0 radical (unpaired) electrons. The second-order valence-corrected chi connectivity index (χ2v) is 13.3. The lowest BCUT2D eigenvalue weighted by Gasteiger charge is -2.41. The summed E-state index contributed by atoms with van der Waals surface area (Å²) in [7, 11) is 1.58. The van der Waals surface area contributed by atoms with Gasteiger partial charge in [-0.15, -0.1) is 0 Å². The van der Waals surface area contributed by atoms with Crippen molar-refractivity contribution in [2.24, 2.45) is 5.73 Å². The van der Waals surface area contributed by atoms with E-state index in [1.165, 1.54) is 29.8 Å². The van der Waals surface area contributed by atoms with E-state index >= 15 is 4.39 Å². The minimum Gasteiger partial charge on any atom is -0.466 e. The minimum absolute atomic E-state index is 0.0834. The number of anilines is 3. The molecule has 2 aromatic heterocycles. The molecule has 0 unspecified atom stereocenters. The average molecular weight is 715 g/mol. The molecule has 11 nitrogen and oxygen atoms in total. The average Bonchev–Trinajstić information content (AvgIpc) is 3.59. The van der Waals surface area contributed by atoms with Crippen molar-refractivity contribution in [3.63, 3.8) is 0 Å². The molecule has 2 aliphatic heterocycles. The molecule has 4 heterocycles. The first-order valence-electron chi connectivity index (χ1n) is 15.7. The van der Waals surface area contributed by atoms with Crippen LogP contribution in [-0.2, 0) is 27.0 Å². The van der Waals surface area contributed by atoms with Crippen LogP contribution in [0.2, 0.25) is 5.02 Å². The van der Waals surface area contributed by atoms with Crippen LogP contribution in [0.5, 0.6) is 0 Å². The topological polar surface area (TPSA) is 122 Å². The van der Waals surface area contributed by atoms with Crippen molar-refractivity contribution in [2.45, 2.75) is 64.1 Å². The highest BCUT2D eigenvalue weighted by atomic mass is 35.5. The molecule has 2 fully saturated rings. The second kappa shape index (κ2) is 15.6. The number of rotatable bonds is 12. The van der Waals surface area contributed by atoms with Crippen molar-refractivity contribution in [3.8, 4) is 11.3 Å². The largest absolute Gasteiger partial charge is 0.466 e. The van der Waals surface area contributed by atoms with Crippen LogP contribution in [0.1, 0.15) is 43.6 Å². The van der Waals surface area contributed by atoms with Crippen LogP contribution in [0.4, 0.5) is 34.3 Å². The summed E-state index contributed by atoms with van der Waals surface area (Å²) in [5, 5.41) is 2.77. The number of piperazine rings is 1. The van der Waals surface area contributed by atoms with Crippen LogP contribution in [0.3, 0.4) is 0 Å². The van der Waals surface area contributed by atoms with Gasteiger partial charge in [0.1, 0.15) is 6.33 Å². The van der Waals surface area contributed by atoms with Crippen molar-refractivity contribution in [1.29, 1.82) is 0 Å². The Morgan fingerprint density at radius 1 is 1.23 bits per heavy atom. The van der Waals surface area contributed by atoms with Gasteiger partial charge in [0.2, 0.25) is 5.82 Å². The Bertz CT molecular complexity index is 1570. The SMILES string of the molecule is CCOC(=O)CCN1CCN(c2ncnc(Nc3nc(-c4ccc(Cl)c(C(F)(F)F)c4)c(CN4[C@H](C)CC[C@H]4N)s3)c2F)C[C@H]1COC. The summed E-state index contributed by atoms with van der Waals surface area (Å²) < 4.78 is 67.8. The zero-order chi connectivity index (χ0) is 34.6. The van der Waals surface area contributed by atoms with Crippen molar-refractivity contribution in [2.75, 3.05) is 56.7 Å². The zero-order valence-corrected chi connectivity index (χ0v) is 28.5. The number of nitrogens with two attached hydrogens (primary N) is 1. The van der Waals surface area contributed by atoms with E-state index in [1.807, 2.05) is 6.92 Å². The number of halogens is 5. The maximum Gasteiger partial charge on any atom is 0.417 e. The van der Waals surface area contributed by atoms with Crippen LogP contribution in [0.15, 0.2) is 24.5 Å². The maximum absolute atomic E-state index is 16.1. The second-order valence-electron chi connectivity index (χ2n) is 11.8. The number of aromatic nitrogens is 3. The van der Waals surface area contributed by atoms with Gasteiger partial charge in [-0.05, 0) is 38.8 Å². The van der Waals surface area contributed by atoms with Gasteiger partial charge in [-0.3, -0.25) is 14.6 Å². The molecular formula is C31H39ClF4N8O3S. The summed E-state index contributed by atoms with van der Waals surface area (Å²) in [6.07, 6.45) is -1.71. The number of nitrogens with one attached hydrogen (secondary N) is 1. The minimum atomic E-state index is -4.66. The lowest BCUT2D eigenvalue weighted by atomic mass is 10.1. The maximum atomic E-state index is 16.1. The first-order chi connectivity index (χ1) is 22.9. The monoisotopic (exact) mass is 714 g/mol. The Kier molecular flexibility index (Phi) is 11.7. The van der Waals surface area contributed by atoms with Gasteiger partial charge in [0.25, 0.3) is 0 Å². The van der Waals surface area contributed by atoms with Gasteiger partial charge in [0.05, 0.1) is 48.1 Å². The molecule has 3 atom stereocenters. The number of nitrogens with zero attached hydrogens (tertiary/aromatic N) is 6. The molecule has 3 N–H and O–H groups in total. The van der Waals surface area contributed by atoms with Crippen LogP contribution < -0.4 is 16.0 Å². The molecule has 0 amide bonds. The number of thiazole rings is 1. The lowest BCUT2D eigenvalue weighted by molar-refractivity contribution is -0.143. The first-order valence-corrected chi connectivity index (χ1v) is 16.9. The third-order valence-corrected chi connectivity index (χ3v) is 9.89. The highest BCUT2D eigenvalue weighted by Gasteiger charge is 2.35. The molecule has 0 aliphatic carbocycles. The van der Waals surface area contributed by atoms with Crippen LogP contribution >= 0.6 is 22.9 Å². The Hall–Kier alpha value is -3.15. The third kappa shape index (κ3) is 8.34. The zero-order valence-electron chi connectivity index (χ0n) is 26.9. The normalized spacial score (nSPS) is 20.8. The molecule has 0 saturated carbocycles. The number of carbonyl (C=O) groups excluding carboxylic acids is 1. The molecule has 48 heavy (non-hydrogen) atoms. The fraction of sp³-hybridized carbons (Fsp3) is 0.548. The lowest BCUT2D eigenvalue weighted by Crippen LogP contribution is -2.55. The summed E-state index contributed by atoms with van der Waals surface area (Å²) in [5.74, 6) is -1.02. The number of alkyl halides is 3. The molecular weight excluding hydrogens is 676 g/mol. The fourth-order valence-electron chi connectivity index (χ4n) is 6.10. The number of likely N-dealkylation sites (tertiary alicyclic amines) is 1. The van der Waals surface area contributed by atoms with Crippen molar-refractivity contribution >= 4 is 45.7 Å². The van der Waals surface area contributed by atoms with Gasteiger partial charge in [0, 0.05) is 56.3 Å². The molecule has 3 aromatic rings. The number of methoxy groups -OCH3 is 1. The van der Waals surface area contributed by atoms with E-state index in [0.29, 0.717) is 56.5 Å². The Morgan fingerprint density at radius 3 is 2.71 bits per heavy atom. The van der Waals surface area contributed by atoms with Crippen molar-refractivity contribution < 1.29 is 31.8 Å². The number of carbonyl (C=O) groups is 1. The fourth-order valence-corrected chi connectivity index (χ4v) is 7.32. The van der Waals surface area contributed by atoms with E-state index in [-0.39, 0.29) is 53.0 Å². The van der Waals surface area contributed by atoms with Gasteiger partial charge in [0.15, 0.2) is 16.8 Å². The highest BCUT2D eigenvalue weighted by Crippen LogP contribution is 2.41. The smallest absolute Gasteiger partial charge is 0.417 e. The molecule has 1 aromatic carbocycles. The molecule has 5 rings (SSSR count). The quantitative estimate of drug-likeness (QED) is 0.182. The summed E-state index contributed by atoms with van der Waals surface area (Å²) in [6.45, 7) is 6.68. The van der Waals surface area contributed by atoms with E-state index in [4.69, 9.17) is 26.8 Å². The van der Waals surface area contributed by atoms with Crippen LogP contribution in [0, 0.1) is 5.82 Å². The van der Waals surface area contributed by atoms with Gasteiger partial charge in [-0.25, -0.2) is 15.0 Å². The molecule has 262 valence electrons. The van der Waals surface area contributed by atoms with Crippen LogP contribution in [0.25, 0.3) is 11.3 Å². The van der Waals surface area contributed by atoms with Crippen molar-refractivity contribution in [1.82, 2.24) is 24.8 Å². The van der Waals surface area contributed by atoms with E-state index in [0.717, 1.165) is 18.9 Å². The third-order valence-electron chi connectivity index (χ3n) is 8.61. The predicted molar refractivity (Wildman–Crippen MR) is 176 cm³/mol. The van der Waals surface area contributed by atoms with Gasteiger partial charge >= 0.3 is 12.1 Å². The molecule has 2 aliphatic rings. The van der Waals surface area contributed by atoms with Crippen molar-refractivity contribution in [3.05, 3.63) is 45.8 Å². The van der Waals surface area contributed by atoms with Gasteiger partial charge in [-0.1, -0.05) is 29.0 Å². The predicted octanol–water partition coefficient (Wildman–Crippen LogP) is 5.51. The number of hydrogen-bond acceptors (Lipinski definition) is 12. The molecule has 2 saturated heterocycles. The summed E-state index contributed by atoms with van der Waals surface area (Å²) >= 11 is 7.09. The summed E-state index contributed by atoms with van der Waals surface area (Å²) in [6, 6.07) is 3.69. The first kappa shape index (κ1) is 36.1. The van der Waals surface area contributed by atoms with Gasteiger partial charge < -0.3 is 25.4 Å². The van der Waals surface area contributed by atoms with E-state index < -0.39 is 22.6 Å². The Morgan fingerprint density at radius 2 is 2.02 bits per heavy atom. The highest BCUT2D eigenvalue weighted by molar-refractivity contribution is 7.16. The van der Waals surface area contributed by atoms with Gasteiger partial charge in [-0.2, -0.15) is 17.6 Å². The molecule has 0 spiro atoms.